The van der Waals surface area contributed by atoms with Gasteiger partial charge in [0.2, 0.25) is 5.76 Å². The van der Waals surface area contributed by atoms with Crippen molar-refractivity contribution in [1.29, 1.82) is 0 Å². The van der Waals surface area contributed by atoms with Crippen LogP contribution in [0, 0.1) is 0 Å². The number of ether oxygens (including phenoxy) is 4. The minimum Gasteiger partial charge on any atom is -0.457 e. The van der Waals surface area contributed by atoms with Crippen LogP contribution in [0.2, 0.25) is 6.04 Å². The fraction of sp³-hybridized carbons (Fsp3) is 0.765. The van der Waals surface area contributed by atoms with Crippen LogP contribution in [0.1, 0.15) is 6.42 Å². The maximum Gasteiger partial charge on any atom is 0.500 e. The van der Waals surface area contributed by atoms with E-state index >= 15 is 0 Å². The van der Waals surface area contributed by atoms with Crippen molar-refractivity contribution in [1.82, 2.24) is 5.32 Å². The molecule has 0 saturated heterocycles. The molecule has 0 unspecified atom stereocenters. The van der Waals surface area contributed by atoms with Crippen molar-refractivity contribution in [2.75, 3.05) is 73.8 Å². The van der Waals surface area contributed by atoms with Crippen LogP contribution >= 0.6 is 0 Å². The lowest BCUT2D eigenvalue weighted by molar-refractivity contribution is -0.143. The van der Waals surface area contributed by atoms with Crippen LogP contribution < -0.4 is 5.32 Å². The number of alkyl carbamates (subject to hydrolysis) is 1. The summed E-state index contributed by atoms with van der Waals surface area (Å²) in [7, 11) is -1.90. The summed E-state index contributed by atoms with van der Waals surface area (Å²) in [4.78, 5) is 23.0. The van der Waals surface area contributed by atoms with E-state index in [1.807, 2.05) is 0 Å². The highest BCUT2D eigenvalue weighted by Gasteiger charge is 2.36. The van der Waals surface area contributed by atoms with E-state index in [4.69, 9.17) is 32.2 Å². The third kappa shape index (κ3) is 15.1. The van der Waals surface area contributed by atoms with Crippen LogP contribution in [0.15, 0.2) is 12.3 Å². The molecule has 0 aromatic heterocycles. The van der Waals surface area contributed by atoms with E-state index in [1.165, 1.54) is 21.3 Å². The molecule has 0 bridgehead atoms. The zero-order chi connectivity index (χ0) is 24.5. The second kappa shape index (κ2) is 16.8. The fourth-order valence-corrected chi connectivity index (χ4v) is 4.26. The second-order valence-corrected chi connectivity index (χ2v) is 10.7. The number of hydrogen-bond donors (Lipinski definition) is 1. The molecule has 15 heteroatoms. The van der Waals surface area contributed by atoms with Gasteiger partial charge >= 0.3 is 31.0 Å². The first-order valence-electron chi connectivity index (χ1n) is 9.56. The van der Waals surface area contributed by atoms with Crippen molar-refractivity contribution in [3.8, 4) is 0 Å². The lowest BCUT2D eigenvalue weighted by atomic mass is 10.5. The molecule has 32 heavy (non-hydrogen) atoms. The zero-order valence-electron chi connectivity index (χ0n) is 18.9. The Hall–Kier alpha value is -1.75. The Bertz CT molecular complexity index is 660. The van der Waals surface area contributed by atoms with Gasteiger partial charge in [0, 0.05) is 33.9 Å². The van der Waals surface area contributed by atoms with Gasteiger partial charge in [0.1, 0.15) is 13.2 Å². The smallest absolute Gasteiger partial charge is 0.457 e. The third-order valence-electron chi connectivity index (χ3n) is 3.64. The van der Waals surface area contributed by atoms with Gasteiger partial charge in [-0.3, -0.25) is 0 Å². The summed E-state index contributed by atoms with van der Waals surface area (Å²) in [5.41, 5.74) is 0. The average molecular weight is 504 g/mol. The summed E-state index contributed by atoms with van der Waals surface area (Å²) >= 11 is 0. The van der Waals surface area contributed by atoms with Gasteiger partial charge in [-0.25, -0.2) is 9.59 Å². The van der Waals surface area contributed by atoms with E-state index < -0.39 is 36.7 Å². The zero-order valence-corrected chi connectivity index (χ0v) is 20.7. The van der Waals surface area contributed by atoms with Gasteiger partial charge in [0.25, 0.3) is 0 Å². The van der Waals surface area contributed by atoms with Crippen molar-refractivity contribution >= 4 is 31.0 Å². The Morgan fingerprint density at radius 3 is 1.88 bits per heavy atom. The Morgan fingerprint density at radius 2 is 1.38 bits per heavy atom. The lowest BCUT2D eigenvalue weighted by Gasteiger charge is -2.24. The molecule has 0 saturated carbocycles. The Morgan fingerprint density at radius 1 is 0.875 bits per heavy atom. The number of hydrogen-bond acceptors (Lipinski definition) is 12. The van der Waals surface area contributed by atoms with Crippen LogP contribution in [0.3, 0.4) is 0 Å². The number of carbonyl (C=O) groups is 2. The summed E-state index contributed by atoms with van der Waals surface area (Å²) < 4.78 is 62.0. The van der Waals surface area contributed by atoms with Crippen molar-refractivity contribution in [3.05, 3.63) is 12.3 Å². The maximum atomic E-state index is 11.6. The van der Waals surface area contributed by atoms with Crippen LogP contribution in [-0.4, -0.2) is 103 Å². The van der Waals surface area contributed by atoms with Gasteiger partial charge in [-0.05, 0) is 13.0 Å². The van der Waals surface area contributed by atoms with Gasteiger partial charge in [-0.15, -0.1) is 0 Å². The third-order valence-corrected chi connectivity index (χ3v) is 6.97. The molecule has 1 amide bonds. The first-order valence-corrected chi connectivity index (χ1v) is 13.3. The average Bonchev–Trinajstić information content (AvgIpc) is 2.74. The molecule has 0 atom stereocenters. The monoisotopic (exact) mass is 503 g/mol. The Balaban J connectivity index is 3.59. The van der Waals surface area contributed by atoms with Crippen molar-refractivity contribution < 1.29 is 54.4 Å². The van der Waals surface area contributed by atoms with Crippen LogP contribution in [0.5, 0.6) is 0 Å². The first-order chi connectivity index (χ1) is 15.1. The molecule has 0 radical (unpaired) electrons. The number of amides is 1. The molecule has 0 spiro atoms. The summed E-state index contributed by atoms with van der Waals surface area (Å²) in [6, 6.07) is 0.558. The topological polar surface area (TPSA) is 154 Å². The van der Waals surface area contributed by atoms with Gasteiger partial charge in [-0.2, -0.15) is 8.42 Å². The number of esters is 1. The minimum absolute atomic E-state index is 0.0682. The second-order valence-electron chi connectivity index (χ2n) is 6.03. The molecule has 0 aromatic rings. The Labute approximate surface area is 189 Å². The largest absolute Gasteiger partial charge is 0.500 e. The van der Waals surface area contributed by atoms with Gasteiger partial charge in [0.05, 0.1) is 32.7 Å². The van der Waals surface area contributed by atoms with Crippen LogP contribution in [0.4, 0.5) is 4.79 Å². The van der Waals surface area contributed by atoms with E-state index in [2.05, 4.69) is 16.1 Å². The number of carbonyl (C=O) groups excluding carboxylic acids is 2. The molecule has 1 N–H and O–H groups in total. The highest BCUT2D eigenvalue weighted by Crippen LogP contribution is 2.14. The molecule has 0 rings (SSSR count). The standard InChI is InChI=1S/C17H33NO12SSi/c1-15(30-31(5,21)22)16(19)28-12-10-26-8-9-27-11-13-29-17(20)18-7-6-14-32(23-2,24-3)25-4/h1,6-14H2,2-5H3,(H,18,20). The molecule has 0 aromatic carbocycles. The first kappa shape index (κ1) is 30.2. The summed E-state index contributed by atoms with van der Waals surface area (Å²) in [5, 5.41) is 2.61. The molecule has 0 heterocycles. The molecular formula is C17H33NO12SSi. The molecule has 0 aliphatic rings. The molecule has 0 aliphatic carbocycles. The molecule has 13 nitrogen and oxygen atoms in total. The maximum absolute atomic E-state index is 11.6. The molecule has 188 valence electrons. The lowest BCUT2D eigenvalue weighted by Crippen LogP contribution is -2.43. The fourth-order valence-electron chi connectivity index (χ4n) is 2.11. The van der Waals surface area contributed by atoms with Crippen molar-refractivity contribution in [3.63, 3.8) is 0 Å². The SMILES string of the molecule is C=C(OS(C)(=O)=O)C(=O)OCCOCCOCCOC(=O)NCCC[Si](OC)(OC)OC. The normalized spacial score (nSPS) is 11.6. The van der Waals surface area contributed by atoms with E-state index in [0.29, 0.717) is 19.0 Å². The van der Waals surface area contributed by atoms with E-state index in [0.717, 1.165) is 6.26 Å². The van der Waals surface area contributed by atoms with Crippen molar-refractivity contribution in [2.45, 2.75) is 12.5 Å². The summed E-state index contributed by atoms with van der Waals surface area (Å²) in [6.07, 6.45) is 0.831. The minimum atomic E-state index is -3.83. The molecule has 0 fully saturated rings. The quantitative estimate of drug-likeness (QED) is 0.0632. The van der Waals surface area contributed by atoms with E-state index in [-0.39, 0.29) is 39.6 Å². The number of nitrogens with one attached hydrogen (secondary N) is 1. The van der Waals surface area contributed by atoms with E-state index in [9.17, 15) is 18.0 Å². The van der Waals surface area contributed by atoms with E-state index in [1.54, 1.807) is 0 Å². The van der Waals surface area contributed by atoms with Crippen molar-refractivity contribution in [2.24, 2.45) is 0 Å². The van der Waals surface area contributed by atoms with Crippen LogP contribution in [-0.2, 0) is 51.3 Å². The Kier molecular flexibility index (Phi) is 15.9. The van der Waals surface area contributed by atoms with Gasteiger partial charge in [0.15, 0.2) is 0 Å². The number of rotatable bonds is 19. The highest BCUT2D eigenvalue weighted by atomic mass is 32.2. The summed E-state index contributed by atoms with van der Waals surface area (Å²) in [6.45, 7) is 4.20. The van der Waals surface area contributed by atoms with Gasteiger partial charge < -0.3 is 41.7 Å². The van der Waals surface area contributed by atoms with Crippen LogP contribution in [0.25, 0.3) is 0 Å². The molecular weight excluding hydrogens is 470 g/mol. The summed E-state index contributed by atoms with van der Waals surface area (Å²) in [5.74, 6) is -1.63. The van der Waals surface area contributed by atoms with Gasteiger partial charge in [-0.1, -0.05) is 0 Å². The molecule has 0 aliphatic heterocycles. The predicted molar refractivity (Wildman–Crippen MR) is 113 cm³/mol. The predicted octanol–water partition coefficient (Wildman–Crippen LogP) is 0.0471. The highest BCUT2D eigenvalue weighted by molar-refractivity contribution is 7.86.